The second kappa shape index (κ2) is 6.74. The summed E-state index contributed by atoms with van der Waals surface area (Å²) in [5, 5.41) is 5.50. The first-order chi connectivity index (χ1) is 10.3. The fourth-order valence-corrected chi connectivity index (χ4v) is 3.37. The minimum atomic E-state index is 0.362. The van der Waals surface area contributed by atoms with Gasteiger partial charge in [-0.15, -0.1) is 11.3 Å². The summed E-state index contributed by atoms with van der Waals surface area (Å²) in [6, 6.07) is 0.362. The number of methoxy groups -OCH3 is 1. The average molecular weight is 310 g/mol. The molecule has 1 saturated heterocycles. The van der Waals surface area contributed by atoms with E-state index in [1.807, 2.05) is 0 Å². The molecule has 0 aromatic carbocycles. The Bertz CT molecular complexity index is 583. The van der Waals surface area contributed by atoms with Crippen molar-refractivity contribution in [2.75, 3.05) is 44.9 Å². The van der Waals surface area contributed by atoms with Crippen LogP contribution in [0.5, 0.6) is 0 Å². The van der Waals surface area contributed by atoms with Gasteiger partial charge in [0.05, 0.1) is 31.6 Å². The van der Waals surface area contributed by atoms with Crippen molar-refractivity contribution in [1.82, 2.24) is 14.7 Å². The van der Waals surface area contributed by atoms with Crippen LogP contribution in [0.15, 0.2) is 11.6 Å². The summed E-state index contributed by atoms with van der Waals surface area (Å²) >= 11 is 1.67. The molecule has 6 nitrogen and oxygen atoms in total. The summed E-state index contributed by atoms with van der Waals surface area (Å²) < 4.78 is 12.8. The number of fused-ring (bicyclic) bond motifs is 1. The molecule has 1 N–H and O–H groups in total. The van der Waals surface area contributed by atoms with E-state index < -0.39 is 0 Å². The van der Waals surface area contributed by atoms with Gasteiger partial charge in [0, 0.05) is 38.3 Å². The number of hydrogen-bond donors (Lipinski definition) is 1. The van der Waals surface area contributed by atoms with Crippen molar-refractivity contribution >= 4 is 22.1 Å². The van der Waals surface area contributed by atoms with E-state index in [1.54, 1.807) is 18.4 Å². The summed E-state index contributed by atoms with van der Waals surface area (Å²) in [7, 11) is 1.72. The van der Waals surface area contributed by atoms with Crippen molar-refractivity contribution < 1.29 is 9.47 Å². The SMILES string of the molecule is COCCNCc1c(N2CCOCC2C)nc2sccn12. The zero-order chi connectivity index (χ0) is 14.7. The average Bonchev–Trinajstić information content (AvgIpc) is 3.06. The monoisotopic (exact) mass is 310 g/mol. The number of morpholine rings is 1. The van der Waals surface area contributed by atoms with Crippen molar-refractivity contribution in [2.45, 2.75) is 19.5 Å². The lowest BCUT2D eigenvalue weighted by atomic mass is 10.2. The van der Waals surface area contributed by atoms with Gasteiger partial charge in [0.2, 0.25) is 0 Å². The lowest BCUT2D eigenvalue weighted by Crippen LogP contribution is -2.44. The van der Waals surface area contributed by atoms with Crippen LogP contribution in [0, 0.1) is 0 Å². The third kappa shape index (κ3) is 3.06. The number of nitrogens with one attached hydrogen (secondary N) is 1. The minimum absolute atomic E-state index is 0.362. The molecule has 1 aliphatic heterocycles. The first kappa shape index (κ1) is 14.8. The molecule has 3 rings (SSSR count). The van der Waals surface area contributed by atoms with Gasteiger partial charge in [-0.05, 0) is 6.92 Å². The molecule has 0 saturated carbocycles. The van der Waals surface area contributed by atoms with E-state index in [0.29, 0.717) is 6.04 Å². The quantitative estimate of drug-likeness (QED) is 0.817. The molecular formula is C14H22N4O2S. The third-order valence-corrected chi connectivity index (χ3v) is 4.51. The summed E-state index contributed by atoms with van der Waals surface area (Å²) in [5.74, 6) is 1.09. The molecule has 1 fully saturated rings. The van der Waals surface area contributed by atoms with E-state index in [0.717, 1.165) is 50.2 Å². The Morgan fingerprint density at radius 3 is 3.29 bits per heavy atom. The van der Waals surface area contributed by atoms with Gasteiger partial charge in [-0.25, -0.2) is 4.98 Å². The van der Waals surface area contributed by atoms with Crippen LogP contribution in [0.1, 0.15) is 12.6 Å². The number of imidazole rings is 1. The molecule has 3 heterocycles. The Hall–Kier alpha value is -1.15. The highest BCUT2D eigenvalue weighted by Crippen LogP contribution is 2.27. The van der Waals surface area contributed by atoms with E-state index in [2.05, 4.69) is 33.1 Å². The number of ether oxygens (including phenoxy) is 2. The zero-order valence-corrected chi connectivity index (χ0v) is 13.4. The van der Waals surface area contributed by atoms with Crippen molar-refractivity contribution in [3.05, 3.63) is 17.3 Å². The Morgan fingerprint density at radius 2 is 2.48 bits per heavy atom. The van der Waals surface area contributed by atoms with Crippen LogP contribution < -0.4 is 10.2 Å². The predicted octanol–water partition coefficient (Wildman–Crippen LogP) is 1.36. The predicted molar refractivity (Wildman–Crippen MR) is 84.3 cm³/mol. The van der Waals surface area contributed by atoms with E-state index in [-0.39, 0.29) is 0 Å². The van der Waals surface area contributed by atoms with Gasteiger partial charge in [-0.1, -0.05) is 0 Å². The van der Waals surface area contributed by atoms with Crippen LogP contribution in [0.4, 0.5) is 5.82 Å². The fourth-order valence-electron chi connectivity index (χ4n) is 2.64. The maximum absolute atomic E-state index is 5.54. The number of anilines is 1. The van der Waals surface area contributed by atoms with Crippen LogP contribution in [-0.2, 0) is 16.0 Å². The van der Waals surface area contributed by atoms with Gasteiger partial charge >= 0.3 is 0 Å². The number of nitrogens with zero attached hydrogens (tertiary/aromatic N) is 3. The Kier molecular flexibility index (Phi) is 4.74. The molecule has 2 aromatic heterocycles. The first-order valence-electron chi connectivity index (χ1n) is 7.29. The Labute approximate surface area is 128 Å². The van der Waals surface area contributed by atoms with Crippen molar-refractivity contribution in [1.29, 1.82) is 0 Å². The zero-order valence-electron chi connectivity index (χ0n) is 12.5. The molecule has 1 atom stereocenters. The highest BCUT2D eigenvalue weighted by Gasteiger charge is 2.25. The highest BCUT2D eigenvalue weighted by molar-refractivity contribution is 7.15. The summed E-state index contributed by atoms with van der Waals surface area (Å²) in [4.78, 5) is 8.23. The van der Waals surface area contributed by atoms with E-state index in [4.69, 9.17) is 14.5 Å². The molecule has 0 radical (unpaired) electrons. The smallest absolute Gasteiger partial charge is 0.195 e. The second-order valence-corrected chi connectivity index (χ2v) is 6.10. The number of thiazole rings is 1. The first-order valence-corrected chi connectivity index (χ1v) is 8.17. The molecule has 1 unspecified atom stereocenters. The minimum Gasteiger partial charge on any atom is -0.383 e. The number of hydrogen-bond acceptors (Lipinski definition) is 6. The van der Waals surface area contributed by atoms with Gasteiger partial charge in [-0.3, -0.25) is 4.40 Å². The van der Waals surface area contributed by atoms with Crippen molar-refractivity contribution in [3.63, 3.8) is 0 Å². The van der Waals surface area contributed by atoms with Gasteiger partial charge in [0.25, 0.3) is 0 Å². The molecular weight excluding hydrogens is 288 g/mol. The van der Waals surface area contributed by atoms with Gasteiger partial charge < -0.3 is 19.7 Å². The van der Waals surface area contributed by atoms with E-state index in [1.165, 1.54) is 5.69 Å². The van der Waals surface area contributed by atoms with Crippen LogP contribution >= 0.6 is 11.3 Å². The van der Waals surface area contributed by atoms with E-state index >= 15 is 0 Å². The summed E-state index contributed by atoms with van der Waals surface area (Å²) in [5.41, 5.74) is 1.22. The Morgan fingerprint density at radius 1 is 1.57 bits per heavy atom. The molecule has 0 aliphatic carbocycles. The molecule has 21 heavy (non-hydrogen) atoms. The lowest BCUT2D eigenvalue weighted by Gasteiger charge is -2.34. The summed E-state index contributed by atoms with van der Waals surface area (Å²) in [6.45, 7) is 6.97. The molecule has 2 aromatic rings. The molecule has 7 heteroatoms. The Balaban J connectivity index is 1.84. The third-order valence-electron chi connectivity index (χ3n) is 3.76. The van der Waals surface area contributed by atoms with Crippen molar-refractivity contribution in [2.24, 2.45) is 0 Å². The lowest BCUT2D eigenvalue weighted by molar-refractivity contribution is 0.0985. The summed E-state index contributed by atoms with van der Waals surface area (Å²) in [6.07, 6.45) is 2.09. The van der Waals surface area contributed by atoms with Crippen LogP contribution in [0.3, 0.4) is 0 Å². The van der Waals surface area contributed by atoms with Crippen LogP contribution in [0.25, 0.3) is 4.96 Å². The maximum atomic E-state index is 5.54. The highest BCUT2D eigenvalue weighted by atomic mass is 32.1. The number of rotatable bonds is 6. The largest absolute Gasteiger partial charge is 0.383 e. The molecule has 1 aliphatic rings. The van der Waals surface area contributed by atoms with Crippen LogP contribution in [0.2, 0.25) is 0 Å². The van der Waals surface area contributed by atoms with Gasteiger partial charge in [-0.2, -0.15) is 0 Å². The number of aromatic nitrogens is 2. The van der Waals surface area contributed by atoms with Gasteiger partial charge in [0.15, 0.2) is 10.8 Å². The molecule has 116 valence electrons. The van der Waals surface area contributed by atoms with Crippen molar-refractivity contribution in [3.8, 4) is 0 Å². The second-order valence-electron chi connectivity index (χ2n) is 5.22. The molecule has 0 spiro atoms. The topological polar surface area (TPSA) is 51.0 Å². The molecule has 0 bridgehead atoms. The van der Waals surface area contributed by atoms with E-state index in [9.17, 15) is 0 Å². The fraction of sp³-hybridized carbons (Fsp3) is 0.643. The van der Waals surface area contributed by atoms with Gasteiger partial charge in [0.1, 0.15) is 0 Å². The maximum Gasteiger partial charge on any atom is 0.195 e. The van der Waals surface area contributed by atoms with Crippen LogP contribution in [-0.4, -0.2) is 55.4 Å². The normalized spacial score (nSPS) is 19.5. The molecule has 0 amide bonds. The standard InChI is InChI=1S/C14H22N4O2S/c1-11-10-20-7-4-17(11)13-12(9-15-3-6-19-2)18-5-8-21-14(18)16-13/h5,8,11,15H,3-4,6-7,9-10H2,1-2H3.